The standard InChI is InChI=1S/C64H126O12Si8/c1-16-63-45-47-64(48-46-63)84-74-81(53-35-21-28-42-60(10)11)68-78(50-32-18-25-39-57(4)5)65-77(49-31-17-24-38-56(2)3)66-79(70-81,51-33-19-26-40-58(6)7)72-83(76-84,55-37-23-30-44-62(14)15)73-80(67-77,52-34-20-27-41-59(8)9)71-82(69-78,75-84)54-36-22-29-43-61(12)13/h16,45-48,56-62H,1,17-44,49-55H2,2-15H3. The van der Waals surface area contributed by atoms with Crippen molar-refractivity contribution in [3.63, 3.8) is 0 Å². The van der Waals surface area contributed by atoms with E-state index in [0.29, 0.717) is 83.7 Å². The van der Waals surface area contributed by atoms with E-state index in [1.807, 2.05) is 6.08 Å². The van der Waals surface area contributed by atoms with Gasteiger partial charge in [-0.05, 0) is 91.9 Å². The number of hydrogen-bond donors (Lipinski definition) is 0. The van der Waals surface area contributed by atoms with Crippen molar-refractivity contribution in [1.29, 1.82) is 0 Å². The van der Waals surface area contributed by atoms with Gasteiger partial charge < -0.3 is 49.4 Å². The van der Waals surface area contributed by atoms with Gasteiger partial charge >= 0.3 is 70.4 Å². The normalized spacial score (nSPS) is 30.4. The molecule has 1 aromatic rings. The highest BCUT2D eigenvalue weighted by Crippen LogP contribution is 2.55. The molecule has 7 rings (SSSR count). The van der Waals surface area contributed by atoms with E-state index in [2.05, 4.69) is 128 Å². The molecule has 0 radical (unpaired) electrons. The fourth-order valence-corrected chi connectivity index (χ4v) is 63.1. The lowest BCUT2D eigenvalue weighted by atomic mass is 10.1. The molecule has 8 bridgehead atoms. The summed E-state index contributed by atoms with van der Waals surface area (Å²) >= 11 is 0. The average molecular weight is 1310 g/mol. The fourth-order valence-electron chi connectivity index (χ4n) is 12.8. The molecule has 20 heteroatoms. The lowest BCUT2D eigenvalue weighted by Gasteiger charge is -2.63. The molecule has 0 spiro atoms. The molecule has 0 unspecified atom stereocenters. The van der Waals surface area contributed by atoms with Gasteiger partial charge in [0.2, 0.25) is 0 Å². The van der Waals surface area contributed by atoms with Gasteiger partial charge in [0.05, 0.1) is 0 Å². The van der Waals surface area contributed by atoms with Crippen LogP contribution in [0.4, 0.5) is 0 Å². The van der Waals surface area contributed by atoms with Crippen LogP contribution >= 0.6 is 0 Å². The molecule has 0 aromatic heterocycles. The summed E-state index contributed by atoms with van der Waals surface area (Å²) in [6.07, 6.45) is 30.8. The Hall–Kier alpha value is 0.215. The van der Waals surface area contributed by atoms with Crippen molar-refractivity contribution in [1.82, 2.24) is 0 Å². The lowest BCUT2D eigenvalue weighted by Crippen LogP contribution is -2.89. The Labute approximate surface area is 524 Å². The second kappa shape index (κ2) is 34.8. The summed E-state index contributed by atoms with van der Waals surface area (Å²) in [5, 5.41) is 0.820. The topological polar surface area (TPSA) is 111 Å². The van der Waals surface area contributed by atoms with Crippen LogP contribution in [0.5, 0.6) is 0 Å². The third-order valence-electron chi connectivity index (χ3n) is 17.5. The molecule has 12 nitrogen and oxygen atoms in total. The van der Waals surface area contributed by atoms with E-state index in [0.717, 1.165) is 191 Å². The van der Waals surface area contributed by atoms with Gasteiger partial charge in [-0.2, -0.15) is 0 Å². The molecule has 84 heavy (non-hydrogen) atoms. The summed E-state index contributed by atoms with van der Waals surface area (Å²) in [7, 11) is -32.9. The van der Waals surface area contributed by atoms with Crippen molar-refractivity contribution < 1.29 is 49.4 Å². The monoisotopic (exact) mass is 1310 g/mol. The molecule has 0 saturated carbocycles. The van der Waals surface area contributed by atoms with Gasteiger partial charge in [-0.1, -0.05) is 269 Å². The first-order valence-corrected chi connectivity index (χ1v) is 50.3. The zero-order valence-corrected chi connectivity index (χ0v) is 64.3. The summed E-state index contributed by atoms with van der Waals surface area (Å²) in [5.74, 6) is 4.28. The van der Waals surface area contributed by atoms with Crippen molar-refractivity contribution >= 4 is 81.7 Å². The molecule has 0 atom stereocenters. The van der Waals surface area contributed by atoms with Gasteiger partial charge in [-0.3, -0.25) is 0 Å². The first kappa shape index (κ1) is 73.3. The molecule has 6 fully saturated rings. The smallest absolute Gasteiger partial charge is 0.373 e. The Morgan fingerprint density at radius 3 is 0.607 bits per heavy atom. The van der Waals surface area contributed by atoms with E-state index in [-0.39, 0.29) is 0 Å². The van der Waals surface area contributed by atoms with Crippen molar-refractivity contribution in [2.75, 3.05) is 0 Å². The van der Waals surface area contributed by atoms with Gasteiger partial charge in [0, 0.05) is 47.5 Å². The quantitative estimate of drug-likeness (QED) is 0.0458. The van der Waals surface area contributed by atoms with E-state index in [1.54, 1.807) is 0 Å². The highest BCUT2D eigenvalue weighted by Gasteiger charge is 2.83. The third kappa shape index (κ3) is 23.1. The van der Waals surface area contributed by atoms with Crippen LogP contribution in [-0.2, 0) is 49.4 Å². The van der Waals surface area contributed by atoms with E-state index >= 15 is 0 Å². The van der Waals surface area contributed by atoms with Crippen molar-refractivity contribution in [3.8, 4) is 0 Å². The number of hydrogen-bond acceptors (Lipinski definition) is 12. The maximum absolute atomic E-state index is 8.40. The highest BCUT2D eigenvalue weighted by atomic mass is 28.6. The zero-order valence-electron chi connectivity index (χ0n) is 56.3. The molecule has 1 aromatic carbocycles. The maximum atomic E-state index is 8.40. The van der Waals surface area contributed by atoms with Crippen LogP contribution in [0.2, 0.25) is 42.3 Å². The van der Waals surface area contributed by atoms with E-state index in [4.69, 9.17) is 49.4 Å². The largest absolute Gasteiger partial charge is 0.515 e. The zero-order chi connectivity index (χ0) is 61.0. The van der Waals surface area contributed by atoms with Crippen LogP contribution < -0.4 is 5.19 Å². The second-order valence-corrected chi connectivity index (χ2v) is 53.9. The predicted octanol–water partition coefficient (Wildman–Crippen LogP) is 19.8. The summed E-state index contributed by atoms with van der Waals surface area (Å²) in [5.41, 5.74) is 0.998. The Morgan fingerprint density at radius 2 is 0.440 bits per heavy atom. The van der Waals surface area contributed by atoms with Crippen molar-refractivity contribution in [3.05, 3.63) is 36.4 Å². The molecule has 6 aliphatic heterocycles. The SMILES string of the molecule is C=Cc1ccc([Si]23O[Si]4(CCCCCC(C)C)O[Si]5(CCCCCC(C)C)O[Si]6(CCCCCC(C)C)O[Si](CCCCCC(C)C)(O4)O[Si](CCCCCC(C)C)(O[Si](CCCCCC(C)C)(O6)O[Si](CCCCCC(C)C)(O5)O2)O3)cc1. The number of rotatable bonds is 44. The average Bonchev–Trinajstić information content (AvgIpc) is 0.737. The van der Waals surface area contributed by atoms with Gasteiger partial charge in [0.1, 0.15) is 0 Å². The van der Waals surface area contributed by atoms with Crippen LogP contribution in [0.15, 0.2) is 30.8 Å². The summed E-state index contributed by atoms with van der Waals surface area (Å²) in [4.78, 5) is 0. The van der Waals surface area contributed by atoms with Crippen LogP contribution in [0.25, 0.3) is 6.08 Å². The van der Waals surface area contributed by atoms with Crippen molar-refractivity contribution in [2.45, 2.75) is 319 Å². The summed E-state index contributed by atoms with van der Waals surface area (Å²) < 4.78 is 101. The summed E-state index contributed by atoms with van der Waals surface area (Å²) in [6.45, 7) is 36.7. The van der Waals surface area contributed by atoms with Crippen LogP contribution in [0, 0.1) is 41.4 Å². The Kier molecular flexibility index (Phi) is 30.3. The third-order valence-corrected chi connectivity index (χ3v) is 54.7. The predicted molar refractivity (Wildman–Crippen MR) is 362 cm³/mol. The molecule has 0 amide bonds. The van der Waals surface area contributed by atoms with Gasteiger partial charge in [0.15, 0.2) is 0 Å². The van der Waals surface area contributed by atoms with Gasteiger partial charge in [0.25, 0.3) is 0 Å². The van der Waals surface area contributed by atoms with Crippen LogP contribution in [-0.4, -0.2) is 70.4 Å². The second-order valence-electron chi connectivity index (χ2n) is 29.3. The maximum Gasteiger partial charge on any atom is 0.515 e. The van der Waals surface area contributed by atoms with E-state index in [1.165, 1.54) is 0 Å². The number of benzene rings is 1. The van der Waals surface area contributed by atoms with Crippen LogP contribution in [0.3, 0.4) is 0 Å². The lowest BCUT2D eigenvalue weighted by molar-refractivity contribution is -0.0280. The molecule has 6 heterocycles. The molecule has 0 N–H and O–H groups in total. The fraction of sp³-hybridized carbons (Fsp3) is 0.875. The first-order chi connectivity index (χ1) is 39.9. The van der Waals surface area contributed by atoms with Crippen molar-refractivity contribution in [2.24, 2.45) is 41.4 Å². The van der Waals surface area contributed by atoms with Gasteiger partial charge in [-0.15, -0.1) is 0 Å². The molecule has 0 aliphatic carbocycles. The van der Waals surface area contributed by atoms with Crippen LogP contribution in [0.1, 0.15) is 282 Å². The highest BCUT2D eigenvalue weighted by molar-refractivity contribution is 7.05. The minimum atomic E-state index is -4.36. The molecular formula is C64H126O12Si8. The van der Waals surface area contributed by atoms with E-state index in [9.17, 15) is 0 Å². The van der Waals surface area contributed by atoms with Gasteiger partial charge in [-0.25, -0.2) is 0 Å². The Bertz CT molecular complexity index is 1840. The number of unbranched alkanes of at least 4 members (excludes halogenated alkanes) is 14. The molecule has 486 valence electrons. The minimum Gasteiger partial charge on any atom is -0.373 e. The summed E-state index contributed by atoms with van der Waals surface area (Å²) in [6, 6.07) is 12.4. The molecule has 6 aliphatic rings. The molecular weight excluding hydrogens is 1190 g/mol. The Balaban J connectivity index is 1.69. The molecule has 6 saturated heterocycles. The Morgan fingerprint density at radius 1 is 0.262 bits per heavy atom. The minimum absolute atomic E-state index is 0.538. The first-order valence-electron chi connectivity index (χ1n) is 35.1. The van der Waals surface area contributed by atoms with E-state index < -0.39 is 70.4 Å².